The molecule has 0 unspecified atom stereocenters. The van der Waals surface area contributed by atoms with E-state index in [0.29, 0.717) is 36.6 Å². The van der Waals surface area contributed by atoms with Crippen LogP contribution in [0.2, 0.25) is 0 Å². The maximum absolute atomic E-state index is 9.54. The number of nitrogens with two attached hydrogens (primary N) is 1. The molecule has 0 amide bonds. The molecule has 1 heterocycles. The molecule has 0 aliphatic heterocycles. The first-order chi connectivity index (χ1) is 15.1. The number of nitriles is 1. The third-order valence-corrected chi connectivity index (χ3v) is 4.84. The number of anilines is 1. The van der Waals surface area contributed by atoms with Gasteiger partial charge in [0.25, 0.3) is 0 Å². The Morgan fingerprint density at radius 3 is 2.62 bits per heavy atom. The monoisotopic (exact) mass is 543 g/mol. The van der Waals surface area contributed by atoms with Crippen LogP contribution in [0.4, 0.5) is 5.82 Å². The van der Waals surface area contributed by atoms with Gasteiger partial charge in [-0.2, -0.15) is 10.4 Å². The Kier molecular flexibility index (Phi) is 10.0. The number of nitrogens with one attached hydrogen (secondary N) is 2. The highest BCUT2D eigenvalue weighted by molar-refractivity contribution is 14.0. The highest BCUT2D eigenvalue weighted by atomic mass is 127. The minimum atomic E-state index is 0. The largest absolute Gasteiger partial charge is 0.382 e. The molecule has 4 N–H and O–H groups in total. The number of guanidine groups is 1. The Bertz CT molecular complexity index is 1070. The van der Waals surface area contributed by atoms with Gasteiger partial charge in [0.15, 0.2) is 5.96 Å². The van der Waals surface area contributed by atoms with Crippen LogP contribution in [-0.4, -0.2) is 28.8 Å². The van der Waals surface area contributed by atoms with Crippen LogP contribution in [0.3, 0.4) is 0 Å². The molecule has 1 aromatic heterocycles. The SMILES string of the molecule is CCNC(=NCc1cccc(C)c1)NCCCc1nn(-c2ccccc2)c(N)c1C#N.I. The first-order valence-corrected chi connectivity index (χ1v) is 10.5. The molecule has 0 fully saturated rings. The normalized spacial score (nSPS) is 10.8. The quantitative estimate of drug-likeness (QED) is 0.173. The second-order valence-electron chi connectivity index (χ2n) is 7.28. The number of hydrogen-bond acceptors (Lipinski definition) is 4. The highest BCUT2D eigenvalue weighted by Crippen LogP contribution is 2.21. The second-order valence-corrected chi connectivity index (χ2v) is 7.28. The zero-order valence-electron chi connectivity index (χ0n) is 18.5. The van der Waals surface area contributed by atoms with Crippen LogP contribution in [0.15, 0.2) is 59.6 Å². The summed E-state index contributed by atoms with van der Waals surface area (Å²) in [4.78, 5) is 4.66. The van der Waals surface area contributed by atoms with Gasteiger partial charge in [0.2, 0.25) is 0 Å². The van der Waals surface area contributed by atoms with Gasteiger partial charge >= 0.3 is 0 Å². The molecule has 0 spiro atoms. The summed E-state index contributed by atoms with van der Waals surface area (Å²) >= 11 is 0. The minimum Gasteiger partial charge on any atom is -0.382 e. The Labute approximate surface area is 206 Å². The predicted molar refractivity (Wildman–Crippen MR) is 140 cm³/mol. The van der Waals surface area contributed by atoms with E-state index >= 15 is 0 Å². The fourth-order valence-electron chi connectivity index (χ4n) is 3.33. The van der Waals surface area contributed by atoms with Crippen molar-refractivity contribution in [3.63, 3.8) is 0 Å². The second kappa shape index (κ2) is 12.7. The van der Waals surface area contributed by atoms with Gasteiger partial charge in [-0.15, -0.1) is 24.0 Å². The van der Waals surface area contributed by atoms with E-state index in [0.717, 1.165) is 24.6 Å². The van der Waals surface area contributed by atoms with Crippen molar-refractivity contribution in [1.82, 2.24) is 20.4 Å². The van der Waals surface area contributed by atoms with Gasteiger partial charge in [-0.1, -0.05) is 48.0 Å². The summed E-state index contributed by atoms with van der Waals surface area (Å²) in [5, 5.41) is 20.8. The molecule has 0 atom stereocenters. The zero-order valence-corrected chi connectivity index (χ0v) is 20.8. The third kappa shape index (κ3) is 6.72. The van der Waals surface area contributed by atoms with Gasteiger partial charge in [-0.05, 0) is 44.4 Å². The molecule has 0 saturated heterocycles. The lowest BCUT2D eigenvalue weighted by Gasteiger charge is -2.11. The zero-order chi connectivity index (χ0) is 22.1. The minimum absolute atomic E-state index is 0. The number of nitrogens with zero attached hydrogens (tertiary/aromatic N) is 4. The highest BCUT2D eigenvalue weighted by Gasteiger charge is 2.16. The Balaban J connectivity index is 0.00000363. The fourth-order valence-corrected chi connectivity index (χ4v) is 3.33. The van der Waals surface area contributed by atoms with Crippen molar-refractivity contribution in [3.8, 4) is 11.8 Å². The molecule has 0 aliphatic carbocycles. The van der Waals surface area contributed by atoms with Crippen LogP contribution >= 0.6 is 24.0 Å². The first-order valence-electron chi connectivity index (χ1n) is 10.5. The van der Waals surface area contributed by atoms with Gasteiger partial charge < -0.3 is 16.4 Å². The molecule has 2 aromatic carbocycles. The summed E-state index contributed by atoms with van der Waals surface area (Å²) in [5.41, 5.74) is 10.6. The summed E-state index contributed by atoms with van der Waals surface area (Å²) in [6, 6.07) is 20.2. The molecule has 8 heteroatoms. The van der Waals surface area contributed by atoms with Crippen LogP contribution < -0.4 is 16.4 Å². The fraction of sp³-hybridized carbons (Fsp3) is 0.292. The smallest absolute Gasteiger partial charge is 0.191 e. The molecular weight excluding hydrogens is 513 g/mol. The summed E-state index contributed by atoms with van der Waals surface area (Å²) in [6.07, 6.45) is 1.45. The van der Waals surface area contributed by atoms with E-state index in [1.54, 1.807) is 4.68 Å². The standard InChI is InChI=1S/C24H29N7.HI/c1-3-27-24(29-17-19-10-7-9-18(2)15-19)28-14-8-13-22-21(16-25)23(26)31(30-22)20-11-5-4-6-12-20;/h4-7,9-12,15H,3,8,13-14,17,26H2,1-2H3,(H2,27,28,29);1H. The molecule has 7 nitrogen and oxygen atoms in total. The van der Waals surface area contributed by atoms with Crippen molar-refractivity contribution in [2.24, 2.45) is 4.99 Å². The van der Waals surface area contributed by atoms with Crippen LogP contribution in [0, 0.1) is 18.3 Å². The Morgan fingerprint density at radius 2 is 1.94 bits per heavy atom. The number of aliphatic imine (C=N–C) groups is 1. The molecular formula is C24H30IN7. The maximum atomic E-state index is 9.54. The first kappa shape index (κ1) is 25.2. The molecule has 0 aliphatic rings. The van der Waals surface area contributed by atoms with Gasteiger partial charge in [-0.3, -0.25) is 0 Å². The van der Waals surface area contributed by atoms with E-state index in [-0.39, 0.29) is 24.0 Å². The van der Waals surface area contributed by atoms with Gasteiger partial charge in [0.1, 0.15) is 17.5 Å². The Morgan fingerprint density at radius 1 is 1.16 bits per heavy atom. The summed E-state index contributed by atoms with van der Waals surface area (Å²) < 4.78 is 1.63. The average molecular weight is 543 g/mol. The lowest BCUT2D eigenvalue weighted by Crippen LogP contribution is -2.37. The van der Waals surface area contributed by atoms with Crippen molar-refractivity contribution in [2.75, 3.05) is 18.8 Å². The van der Waals surface area contributed by atoms with E-state index < -0.39 is 0 Å². The number of halogens is 1. The molecule has 3 aromatic rings. The number of para-hydroxylation sites is 1. The number of aryl methyl sites for hydroxylation is 2. The third-order valence-electron chi connectivity index (χ3n) is 4.84. The average Bonchev–Trinajstić information content (AvgIpc) is 3.10. The van der Waals surface area contributed by atoms with E-state index in [9.17, 15) is 5.26 Å². The van der Waals surface area contributed by atoms with Crippen LogP contribution in [0.5, 0.6) is 0 Å². The molecule has 3 rings (SSSR count). The number of aromatic nitrogens is 2. The lowest BCUT2D eigenvalue weighted by atomic mass is 10.1. The topological polar surface area (TPSA) is 104 Å². The van der Waals surface area contributed by atoms with Crippen molar-refractivity contribution in [1.29, 1.82) is 5.26 Å². The molecule has 0 bridgehead atoms. The maximum Gasteiger partial charge on any atom is 0.191 e. The Hall–Kier alpha value is -3.06. The van der Waals surface area contributed by atoms with E-state index in [1.165, 1.54) is 11.1 Å². The van der Waals surface area contributed by atoms with Crippen LogP contribution in [0.1, 0.15) is 35.7 Å². The molecule has 32 heavy (non-hydrogen) atoms. The summed E-state index contributed by atoms with van der Waals surface area (Å²) in [6.45, 7) is 6.24. The van der Waals surface area contributed by atoms with Crippen LogP contribution in [0.25, 0.3) is 5.69 Å². The molecule has 168 valence electrons. The number of rotatable bonds is 8. The van der Waals surface area contributed by atoms with E-state index in [1.807, 2.05) is 43.3 Å². The van der Waals surface area contributed by atoms with Gasteiger partial charge in [0, 0.05) is 13.1 Å². The number of nitrogen functional groups attached to an aromatic ring is 1. The number of hydrogen-bond donors (Lipinski definition) is 3. The van der Waals surface area contributed by atoms with Crippen molar-refractivity contribution in [2.45, 2.75) is 33.2 Å². The van der Waals surface area contributed by atoms with E-state index in [2.05, 4.69) is 51.9 Å². The van der Waals surface area contributed by atoms with Crippen molar-refractivity contribution < 1.29 is 0 Å². The van der Waals surface area contributed by atoms with Crippen LogP contribution in [-0.2, 0) is 13.0 Å². The van der Waals surface area contributed by atoms with Gasteiger partial charge in [-0.25, -0.2) is 9.67 Å². The predicted octanol–water partition coefficient (Wildman–Crippen LogP) is 3.94. The van der Waals surface area contributed by atoms with E-state index in [4.69, 9.17) is 5.73 Å². The number of benzene rings is 2. The molecule has 0 saturated carbocycles. The lowest BCUT2D eigenvalue weighted by molar-refractivity contribution is 0.723. The van der Waals surface area contributed by atoms with Crippen molar-refractivity contribution in [3.05, 3.63) is 77.0 Å². The van der Waals surface area contributed by atoms with Crippen molar-refractivity contribution >= 4 is 35.8 Å². The summed E-state index contributed by atoms with van der Waals surface area (Å²) in [5.74, 6) is 1.16. The summed E-state index contributed by atoms with van der Waals surface area (Å²) in [7, 11) is 0. The van der Waals surface area contributed by atoms with Gasteiger partial charge in [0.05, 0.1) is 17.9 Å². The molecule has 0 radical (unpaired) electrons.